The first-order valence-electron chi connectivity index (χ1n) is 16.3. The molecule has 1 aromatic heterocycles. The van der Waals surface area contributed by atoms with Crippen LogP contribution in [-0.4, -0.2) is 66.4 Å². The van der Waals surface area contributed by atoms with E-state index in [1.165, 1.54) is 17.0 Å². The van der Waals surface area contributed by atoms with Gasteiger partial charge in [-0.1, -0.05) is 50.2 Å². The number of hydrogen-bond donors (Lipinski definition) is 2. The van der Waals surface area contributed by atoms with Crippen molar-refractivity contribution in [3.8, 4) is 0 Å². The van der Waals surface area contributed by atoms with Gasteiger partial charge in [-0.05, 0) is 86.0 Å². The molecular weight excluding hydrogens is 577 g/mol. The third-order valence-corrected chi connectivity index (χ3v) is 10.7. The van der Waals surface area contributed by atoms with Gasteiger partial charge in [0.25, 0.3) is 0 Å². The molecule has 0 bridgehead atoms. The number of carbonyl (C=O) groups is 2. The number of carbonyl (C=O) groups excluding carboxylic acids is 2. The number of likely N-dealkylation sites (tertiary alicyclic amines) is 1. The van der Waals surface area contributed by atoms with E-state index in [2.05, 4.69) is 54.2 Å². The number of piperidine rings is 1. The lowest BCUT2D eigenvalue weighted by Crippen LogP contribution is -2.63. The average molecular weight is 624 g/mol. The number of anilines is 2. The number of aromatic nitrogens is 1. The first-order valence-corrected chi connectivity index (χ1v) is 16.3. The van der Waals surface area contributed by atoms with Crippen molar-refractivity contribution >= 4 is 34.1 Å². The molecule has 242 valence electrons. The van der Waals surface area contributed by atoms with Gasteiger partial charge in [-0.2, -0.15) is 0 Å². The van der Waals surface area contributed by atoms with E-state index in [1.807, 2.05) is 56.4 Å². The van der Waals surface area contributed by atoms with Crippen molar-refractivity contribution in [1.29, 1.82) is 0 Å². The summed E-state index contributed by atoms with van der Waals surface area (Å²) in [6, 6.07) is 22.6. The van der Waals surface area contributed by atoms with E-state index in [1.54, 1.807) is 23.1 Å². The van der Waals surface area contributed by atoms with E-state index < -0.39 is 5.54 Å². The molecule has 1 saturated heterocycles. The fourth-order valence-corrected chi connectivity index (χ4v) is 7.67. The Hall–Kier alpha value is -4.17. The number of amides is 2. The molecule has 2 aliphatic rings. The van der Waals surface area contributed by atoms with Gasteiger partial charge >= 0.3 is 0 Å². The number of rotatable bonds is 9. The molecule has 4 aromatic rings. The highest BCUT2D eigenvalue weighted by atomic mass is 19.1. The van der Waals surface area contributed by atoms with Gasteiger partial charge in [-0.25, -0.2) is 4.39 Å². The van der Waals surface area contributed by atoms with Gasteiger partial charge in [-0.15, -0.1) is 0 Å². The minimum Gasteiger partial charge on any atom is -0.378 e. The number of fused-ring (bicyclic) bond motifs is 1. The Bertz CT molecular complexity index is 1740. The van der Waals surface area contributed by atoms with Crippen molar-refractivity contribution in [2.24, 2.45) is 11.3 Å². The van der Waals surface area contributed by atoms with Crippen LogP contribution in [0.15, 0.2) is 72.8 Å². The molecule has 2 N–H and O–H groups in total. The number of nitrogens with zero attached hydrogens (tertiary/aromatic N) is 3. The number of para-hydroxylation sites is 1. The highest BCUT2D eigenvalue weighted by Crippen LogP contribution is 2.67. The summed E-state index contributed by atoms with van der Waals surface area (Å²) in [6.07, 6.45) is 1.21. The molecule has 8 heteroatoms. The topological polar surface area (TPSA) is 71.7 Å². The van der Waals surface area contributed by atoms with Gasteiger partial charge in [0.05, 0.1) is 0 Å². The first kappa shape index (κ1) is 31.8. The van der Waals surface area contributed by atoms with Crippen LogP contribution in [-0.2, 0) is 16.1 Å². The van der Waals surface area contributed by atoms with Crippen LogP contribution in [0.25, 0.3) is 10.9 Å². The second-order valence-electron chi connectivity index (χ2n) is 14.1. The summed E-state index contributed by atoms with van der Waals surface area (Å²) in [5.41, 5.74) is 4.38. The van der Waals surface area contributed by atoms with Crippen molar-refractivity contribution in [3.63, 3.8) is 0 Å². The Labute approximate surface area is 271 Å². The van der Waals surface area contributed by atoms with E-state index in [0.29, 0.717) is 37.2 Å². The zero-order valence-electron chi connectivity index (χ0n) is 27.9. The quantitative estimate of drug-likeness (QED) is 0.212. The molecule has 7 nitrogen and oxygen atoms in total. The highest BCUT2D eigenvalue weighted by Gasteiger charge is 2.60. The molecule has 1 aliphatic carbocycles. The Morgan fingerprint density at radius 2 is 1.63 bits per heavy atom. The van der Waals surface area contributed by atoms with Crippen molar-refractivity contribution in [3.05, 3.63) is 95.4 Å². The predicted molar refractivity (Wildman–Crippen MR) is 183 cm³/mol. The molecule has 3 aromatic carbocycles. The molecule has 46 heavy (non-hydrogen) atoms. The van der Waals surface area contributed by atoms with Crippen LogP contribution in [0.1, 0.15) is 55.8 Å². The highest BCUT2D eigenvalue weighted by molar-refractivity contribution is 6.01. The van der Waals surface area contributed by atoms with E-state index in [4.69, 9.17) is 0 Å². The summed E-state index contributed by atoms with van der Waals surface area (Å²) in [5.74, 6) is -0.417. The fraction of sp³-hybridized carbons (Fsp3) is 0.421. The lowest BCUT2D eigenvalue weighted by molar-refractivity contribution is -0.150. The molecule has 0 unspecified atom stereocenters. The molecule has 2 fully saturated rings. The number of halogens is 1. The number of aryl methyl sites for hydroxylation is 1. The molecule has 0 spiro atoms. The minimum absolute atomic E-state index is 0.0339. The molecule has 2 amide bonds. The Kier molecular flexibility index (Phi) is 8.44. The first-order chi connectivity index (χ1) is 21.9. The fourth-order valence-electron chi connectivity index (χ4n) is 7.67. The van der Waals surface area contributed by atoms with Gasteiger partial charge in [0.2, 0.25) is 11.8 Å². The molecule has 6 rings (SSSR count). The van der Waals surface area contributed by atoms with E-state index in [9.17, 15) is 9.59 Å². The third-order valence-electron chi connectivity index (χ3n) is 10.7. The maximum atomic E-state index is 15.2. The summed E-state index contributed by atoms with van der Waals surface area (Å²) in [6.45, 7) is 7.91. The molecule has 1 aliphatic heterocycles. The second kappa shape index (κ2) is 12.2. The summed E-state index contributed by atoms with van der Waals surface area (Å²) >= 11 is 0. The lowest BCUT2D eigenvalue weighted by atomic mass is 9.83. The van der Waals surface area contributed by atoms with Crippen LogP contribution >= 0.6 is 0 Å². The van der Waals surface area contributed by atoms with Gasteiger partial charge in [0, 0.05) is 73.7 Å². The molecule has 1 saturated carbocycles. The van der Waals surface area contributed by atoms with Crippen molar-refractivity contribution in [1.82, 2.24) is 14.8 Å². The van der Waals surface area contributed by atoms with Gasteiger partial charge < -0.3 is 25.0 Å². The van der Waals surface area contributed by atoms with Crippen LogP contribution in [0, 0.1) is 24.1 Å². The maximum Gasteiger partial charge on any atom is 0.250 e. The van der Waals surface area contributed by atoms with E-state index >= 15 is 4.39 Å². The molecule has 2 atom stereocenters. The van der Waals surface area contributed by atoms with Crippen LogP contribution in [0.5, 0.6) is 0 Å². The standard InChI is InChI=1S/C38H46FN5O2/c1-25-34(29-12-8-10-14-32(29)40-25)35-30(37(35,2)3)23-33(45)44(24-26-11-7-9-13-31(26)39)38(19-21-43(6)22-20-38)36(46)41-27-15-17-28(18-16-27)42(4)5/h7-18,30,35,40H,19-24H2,1-6H3,(H,41,46)/t30-,35+/m0/s1. The largest absolute Gasteiger partial charge is 0.378 e. The van der Waals surface area contributed by atoms with Gasteiger partial charge in [0.15, 0.2) is 0 Å². The minimum atomic E-state index is -1.13. The molecule has 2 heterocycles. The van der Waals surface area contributed by atoms with Gasteiger partial charge in [0.1, 0.15) is 11.4 Å². The summed E-state index contributed by atoms with van der Waals surface area (Å²) in [5, 5.41) is 4.34. The summed E-state index contributed by atoms with van der Waals surface area (Å²) in [7, 11) is 5.98. The van der Waals surface area contributed by atoms with Crippen molar-refractivity contribution in [2.45, 2.75) is 58.0 Å². The van der Waals surface area contributed by atoms with E-state index in [0.717, 1.165) is 16.9 Å². The van der Waals surface area contributed by atoms with E-state index in [-0.39, 0.29) is 47.8 Å². The monoisotopic (exact) mass is 623 g/mol. The molecular formula is C38H46FN5O2. The van der Waals surface area contributed by atoms with Crippen molar-refractivity contribution in [2.75, 3.05) is 44.4 Å². The molecule has 0 radical (unpaired) electrons. The van der Waals surface area contributed by atoms with Crippen molar-refractivity contribution < 1.29 is 14.0 Å². The van der Waals surface area contributed by atoms with Gasteiger partial charge in [-0.3, -0.25) is 9.59 Å². The maximum absolute atomic E-state index is 15.2. The lowest BCUT2D eigenvalue weighted by Gasteiger charge is -2.47. The number of aromatic amines is 1. The second-order valence-corrected chi connectivity index (χ2v) is 14.1. The smallest absolute Gasteiger partial charge is 0.250 e. The normalized spacial score (nSPS) is 20.3. The average Bonchev–Trinajstić information content (AvgIpc) is 3.37. The van der Waals surface area contributed by atoms with Crippen LogP contribution in [0.2, 0.25) is 0 Å². The zero-order valence-corrected chi connectivity index (χ0v) is 27.9. The number of H-pyrrole nitrogens is 1. The number of nitrogens with one attached hydrogen (secondary N) is 2. The Morgan fingerprint density at radius 3 is 2.30 bits per heavy atom. The Morgan fingerprint density at radius 1 is 0.978 bits per heavy atom. The SMILES string of the molecule is Cc1[nH]c2ccccc2c1[C@H]1[C@H](CC(=O)N(Cc2ccccc2F)C2(C(=O)Nc3ccc(N(C)C)cc3)CCN(C)CC2)C1(C)C. The Balaban J connectivity index is 1.35. The van der Waals surface area contributed by atoms with Crippen LogP contribution < -0.4 is 10.2 Å². The number of hydrogen-bond acceptors (Lipinski definition) is 4. The summed E-state index contributed by atoms with van der Waals surface area (Å²) in [4.78, 5) is 38.6. The summed E-state index contributed by atoms with van der Waals surface area (Å²) < 4.78 is 15.2. The zero-order chi connectivity index (χ0) is 32.8. The van der Waals surface area contributed by atoms with Crippen LogP contribution in [0.3, 0.4) is 0 Å². The third kappa shape index (κ3) is 5.79. The number of benzene rings is 3. The van der Waals surface area contributed by atoms with Crippen LogP contribution in [0.4, 0.5) is 15.8 Å². The predicted octanol–water partition coefficient (Wildman–Crippen LogP) is 6.94.